The van der Waals surface area contributed by atoms with E-state index in [1.54, 1.807) is 18.3 Å². The monoisotopic (exact) mass is 498 g/mol. The fourth-order valence-electron chi connectivity index (χ4n) is 3.27. The summed E-state index contributed by atoms with van der Waals surface area (Å²) in [5.41, 5.74) is 0.989. The molecular formula is C20H17ClF2N4O3S2. The third-order valence-electron chi connectivity index (χ3n) is 5.01. The molecule has 0 spiro atoms. The van der Waals surface area contributed by atoms with Crippen molar-refractivity contribution in [2.24, 2.45) is 0 Å². The lowest BCUT2D eigenvalue weighted by Gasteiger charge is -2.35. The van der Waals surface area contributed by atoms with E-state index in [0.717, 1.165) is 20.8 Å². The second-order valence-electron chi connectivity index (χ2n) is 7.13. The number of anilines is 1. The van der Waals surface area contributed by atoms with Crippen molar-refractivity contribution in [3.8, 4) is 10.4 Å². The Hall–Kier alpha value is -2.44. The van der Waals surface area contributed by atoms with Crippen molar-refractivity contribution in [1.29, 1.82) is 0 Å². The minimum Gasteiger partial charge on any atom is -0.325 e. The van der Waals surface area contributed by atoms with Crippen LogP contribution in [0.15, 0.2) is 48.7 Å². The molecule has 4 rings (SSSR count). The van der Waals surface area contributed by atoms with Crippen molar-refractivity contribution in [2.75, 3.05) is 12.4 Å². The maximum atomic E-state index is 13.4. The van der Waals surface area contributed by atoms with Gasteiger partial charge in [-0.15, -0.1) is 11.3 Å². The molecule has 0 unspecified atom stereocenters. The zero-order valence-corrected chi connectivity index (χ0v) is 18.9. The number of carbonyl (C=O) groups excluding carboxylic acids is 1. The lowest BCUT2D eigenvalue weighted by molar-refractivity contribution is -0.120. The van der Waals surface area contributed by atoms with E-state index in [1.807, 2.05) is 0 Å². The number of thiazole rings is 1. The molecule has 1 saturated heterocycles. The van der Waals surface area contributed by atoms with Gasteiger partial charge in [0.05, 0.1) is 15.9 Å². The van der Waals surface area contributed by atoms with Crippen molar-refractivity contribution in [2.45, 2.75) is 18.5 Å². The molecule has 12 heteroatoms. The van der Waals surface area contributed by atoms with Gasteiger partial charge in [0, 0.05) is 18.9 Å². The first-order valence-electron chi connectivity index (χ1n) is 9.37. The number of nitrogens with zero attached hydrogens (tertiary/aromatic N) is 2. The summed E-state index contributed by atoms with van der Waals surface area (Å²) in [5.74, 6) is -1.58. The molecule has 1 aliphatic heterocycles. The molecule has 32 heavy (non-hydrogen) atoms. The summed E-state index contributed by atoms with van der Waals surface area (Å²) in [6.45, 7) is 0. The van der Waals surface area contributed by atoms with E-state index in [2.05, 4.69) is 15.0 Å². The van der Waals surface area contributed by atoms with E-state index < -0.39 is 34.0 Å². The number of halogens is 3. The highest BCUT2D eigenvalue weighted by molar-refractivity contribution is 7.87. The van der Waals surface area contributed by atoms with Crippen LogP contribution in [0.2, 0.25) is 5.02 Å². The Morgan fingerprint density at radius 3 is 2.66 bits per heavy atom. The summed E-state index contributed by atoms with van der Waals surface area (Å²) in [6.07, 6.45) is 1.70. The van der Waals surface area contributed by atoms with Crippen molar-refractivity contribution in [3.63, 3.8) is 0 Å². The Balaban J connectivity index is 1.56. The van der Waals surface area contributed by atoms with Gasteiger partial charge in [-0.25, -0.2) is 13.8 Å². The summed E-state index contributed by atoms with van der Waals surface area (Å²) in [6, 6.07) is 7.79. The molecule has 7 nitrogen and oxygen atoms in total. The van der Waals surface area contributed by atoms with Crippen LogP contribution in [0.3, 0.4) is 0 Å². The predicted octanol–water partition coefficient (Wildman–Crippen LogP) is 3.96. The number of carbonyl (C=O) groups is 1. The summed E-state index contributed by atoms with van der Waals surface area (Å²) in [4.78, 5) is 17.9. The van der Waals surface area contributed by atoms with E-state index >= 15 is 0 Å². The maximum Gasteiger partial charge on any atom is 0.280 e. The van der Waals surface area contributed by atoms with Crippen LogP contribution < -0.4 is 10.0 Å². The van der Waals surface area contributed by atoms with Crippen LogP contribution in [0, 0.1) is 11.6 Å². The van der Waals surface area contributed by atoms with E-state index in [9.17, 15) is 22.0 Å². The number of hydrogen-bond donors (Lipinski definition) is 2. The van der Waals surface area contributed by atoms with E-state index in [1.165, 1.54) is 42.6 Å². The number of likely N-dealkylation sites (N-methyl/N-ethyl adjacent to an activating group) is 1. The average molecular weight is 499 g/mol. The number of nitrogens with one attached hydrogen (secondary N) is 2. The molecule has 0 aliphatic carbocycles. The van der Waals surface area contributed by atoms with Gasteiger partial charge < -0.3 is 5.32 Å². The van der Waals surface area contributed by atoms with Gasteiger partial charge in [0.15, 0.2) is 0 Å². The molecule has 0 bridgehead atoms. The van der Waals surface area contributed by atoms with Gasteiger partial charge >= 0.3 is 0 Å². The number of hydrogen-bond acceptors (Lipinski definition) is 5. The molecular weight excluding hydrogens is 482 g/mol. The summed E-state index contributed by atoms with van der Waals surface area (Å²) < 4.78 is 55.3. The third-order valence-corrected chi connectivity index (χ3v) is 8.05. The molecule has 0 saturated carbocycles. The first-order chi connectivity index (χ1) is 15.1. The highest BCUT2D eigenvalue weighted by Gasteiger charge is 2.41. The van der Waals surface area contributed by atoms with E-state index in [0.29, 0.717) is 5.01 Å². The number of benzene rings is 2. The van der Waals surface area contributed by atoms with Crippen LogP contribution in [0.25, 0.3) is 10.4 Å². The summed E-state index contributed by atoms with van der Waals surface area (Å²) in [5, 5.41) is 2.89. The third kappa shape index (κ3) is 4.66. The fourth-order valence-corrected chi connectivity index (χ4v) is 5.76. The Labute approximate surface area is 192 Å². The Morgan fingerprint density at radius 2 is 1.97 bits per heavy atom. The van der Waals surface area contributed by atoms with Crippen molar-refractivity contribution in [1.82, 2.24) is 14.0 Å². The molecule has 168 valence electrons. The normalized spacial score (nSPS) is 20.8. The van der Waals surface area contributed by atoms with Gasteiger partial charge in [0.2, 0.25) is 5.91 Å². The van der Waals surface area contributed by atoms with Gasteiger partial charge in [-0.1, -0.05) is 23.7 Å². The van der Waals surface area contributed by atoms with Crippen molar-refractivity contribution < 1.29 is 22.0 Å². The Morgan fingerprint density at radius 1 is 1.25 bits per heavy atom. The van der Waals surface area contributed by atoms with Crippen LogP contribution in [-0.4, -0.2) is 36.7 Å². The van der Waals surface area contributed by atoms with E-state index in [-0.39, 0.29) is 22.9 Å². The minimum atomic E-state index is -3.97. The number of amides is 1. The predicted molar refractivity (Wildman–Crippen MR) is 119 cm³/mol. The van der Waals surface area contributed by atoms with Crippen LogP contribution in [0.4, 0.5) is 14.5 Å². The first kappa shape index (κ1) is 22.7. The van der Waals surface area contributed by atoms with Crippen LogP contribution in [0.5, 0.6) is 0 Å². The molecule has 1 aromatic heterocycles. The van der Waals surface area contributed by atoms with Crippen LogP contribution in [-0.2, 0) is 15.0 Å². The zero-order chi connectivity index (χ0) is 23.0. The van der Waals surface area contributed by atoms with Gasteiger partial charge in [0.1, 0.15) is 22.7 Å². The first-order valence-corrected chi connectivity index (χ1v) is 12.0. The number of aromatic nitrogens is 1. The van der Waals surface area contributed by atoms with Crippen LogP contribution >= 0.6 is 22.9 Å². The van der Waals surface area contributed by atoms with Gasteiger partial charge in [-0.3, -0.25) is 4.79 Å². The fraction of sp³-hybridized carbons (Fsp3) is 0.200. The molecule has 2 atom stereocenters. The van der Waals surface area contributed by atoms with Gasteiger partial charge in [-0.2, -0.15) is 17.4 Å². The molecule has 2 heterocycles. The topological polar surface area (TPSA) is 91.4 Å². The summed E-state index contributed by atoms with van der Waals surface area (Å²) in [7, 11) is -2.67. The Kier molecular flexibility index (Phi) is 6.28. The average Bonchev–Trinajstić information content (AvgIpc) is 3.23. The zero-order valence-electron chi connectivity index (χ0n) is 16.6. The van der Waals surface area contributed by atoms with Crippen molar-refractivity contribution in [3.05, 3.63) is 70.3 Å². The van der Waals surface area contributed by atoms with Crippen LogP contribution in [0.1, 0.15) is 17.5 Å². The standard InChI is InChI=1S/C20H17ClF2N4O3S2/c1-27-17(19(28)25-13-6-7-15(23)14(21)8-13)9-16(26-32(27,29)30)20-24-10-18(31-20)11-2-4-12(22)5-3-11/h2-8,10,16-17,26H,9H2,1H3,(H,25,28)/t16-,17+/m1/s1. The molecule has 2 aromatic carbocycles. The van der Waals surface area contributed by atoms with Crippen molar-refractivity contribution >= 4 is 44.7 Å². The molecule has 1 fully saturated rings. The Bertz CT molecular complexity index is 1270. The second-order valence-corrected chi connectivity index (χ2v) is 10.4. The lowest BCUT2D eigenvalue weighted by Crippen LogP contribution is -2.55. The second kappa shape index (κ2) is 8.83. The minimum absolute atomic E-state index is 0.118. The molecule has 3 aromatic rings. The maximum absolute atomic E-state index is 13.4. The smallest absolute Gasteiger partial charge is 0.280 e. The summed E-state index contributed by atoms with van der Waals surface area (Å²) >= 11 is 7.00. The molecule has 0 radical (unpaired) electrons. The lowest BCUT2D eigenvalue weighted by atomic mass is 10.1. The molecule has 2 N–H and O–H groups in total. The highest BCUT2D eigenvalue weighted by Crippen LogP contribution is 2.34. The largest absolute Gasteiger partial charge is 0.325 e. The molecule has 1 aliphatic rings. The van der Waals surface area contributed by atoms with E-state index in [4.69, 9.17) is 11.6 Å². The molecule has 1 amide bonds. The quantitative estimate of drug-likeness (QED) is 0.569. The SMILES string of the molecule is CN1[C@H](C(=O)Nc2ccc(F)c(Cl)c2)C[C@H](c2ncc(-c3ccc(F)cc3)s2)NS1(=O)=O. The number of rotatable bonds is 4. The van der Waals surface area contributed by atoms with Gasteiger partial charge in [-0.05, 0) is 42.3 Å². The van der Waals surface area contributed by atoms with Gasteiger partial charge in [0.25, 0.3) is 10.2 Å². The highest BCUT2D eigenvalue weighted by atomic mass is 35.5.